The lowest BCUT2D eigenvalue weighted by molar-refractivity contribution is 0.102. The molecule has 176 valence electrons. The molecule has 3 aromatic rings. The van der Waals surface area contributed by atoms with Crippen LogP contribution in [-0.4, -0.2) is 30.4 Å². The zero-order valence-electron chi connectivity index (χ0n) is 19.9. The summed E-state index contributed by atoms with van der Waals surface area (Å²) in [5.74, 6) is 2.67. The molecule has 34 heavy (non-hydrogen) atoms. The number of hydrogen-bond donors (Lipinski definition) is 1. The Morgan fingerprint density at radius 1 is 0.882 bits per heavy atom. The molecule has 0 unspecified atom stereocenters. The van der Waals surface area contributed by atoms with Gasteiger partial charge in [0.2, 0.25) is 0 Å². The van der Waals surface area contributed by atoms with Crippen molar-refractivity contribution in [3.8, 4) is 23.5 Å². The van der Waals surface area contributed by atoms with E-state index in [9.17, 15) is 4.79 Å². The number of carbonyl (C=O) groups is 1. The first-order chi connectivity index (χ1) is 16.6. The molecule has 1 fully saturated rings. The van der Waals surface area contributed by atoms with Crippen molar-refractivity contribution in [3.05, 3.63) is 89.5 Å². The van der Waals surface area contributed by atoms with Gasteiger partial charge in [0, 0.05) is 23.7 Å². The fourth-order valence-corrected chi connectivity index (χ4v) is 4.21. The number of alkyl halides is 1. The summed E-state index contributed by atoms with van der Waals surface area (Å²) in [6.45, 7) is 5.23. The van der Waals surface area contributed by atoms with Gasteiger partial charge in [0.05, 0.1) is 0 Å². The minimum Gasteiger partial charge on any atom is -0.322 e. The summed E-state index contributed by atoms with van der Waals surface area (Å²) in [5, 5.41) is 3.00. The number of anilines is 1. The van der Waals surface area contributed by atoms with E-state index in [0.717, 1.165) is 35.3 Å². The van der Waals surface area contributed by atoms with Crippen molar-refractivity contribution in [2.24, 2.45) is 0 Å². The lowest BCUT2D eigenvalue weighted by Gasteiger charge is -2.26. The zero-order chi connectivity index (χ0) is 24.2. The maximum Gasteiger partial charge on any atom is 0.255 e. The molecular weight excluding hydrogens is 440 g/mol. The maximum absolute atomic E-state index is 12.6. The fraction of sp³-hybridized carbons (Fsp3) is 0.300. The van der Waals surface area contributed by atoms with Crippen molar-refractivity contribution < 1.29 is 4.79 Å². The predicted octanol–water partition coefficient (Wildman–Crippen LogP) is 7.01. The number of nitrogens with one attached hydrogen (secondary N) is 1. The second kappa shape index (κ2) is 13.6. The third-order valence-electron chi connectivity index (χ3n) is 5.97. The molecule has 1 amide bonds. The molecule has 4 heteroatoms. The monoisotopic (exact) mass is 472 g/mol. The number of carbonyl (C=O) groups excluding carboxylic acids is 1. The van der Waals surface area contributed by atoms with Crippen molar-refractivity contribution >= 4 is 23.2 Å². The molecule has 0 atom stereocenters. The van der Waals surface area contributed by atoms with E-state index < -0.39 is 0 Å². The number of amides is 1. The summed E-state index contributed by atoms with van der Waals surface area (Å²) < 4.78 is 0. The Morgan fingerprint density at radius 2 is 1.41 bits per heavy atom. The average molecular weight is 473 g/mol. The highest BCUT2D eigenvalue weighted by atomic mass is 35.5. The van der Waals surface area contributed by atoms with Crippen LogP contribution in [-0.2, 0) is 12.3 Å². The van der Waals surface area contributed by atoms with Gasteiger partial charge in [-0.2, -0.15) is 0 Å². The van der Waals surface area contributed by atoms with Crippen LogP contribution in [0.4, 0.5) is 5.69 Å². The Hall–Kier alpha value is -3.06. The van der Waals surface area contributed by atoms with E-state index in [1.807, 2.05) is 48.5 Å². The Balaban J connectivity index is 0.00000103. The topological polar surface area (TPSA) is 32.3 Å². The number of terminal acetylenes is 1. The second-order valence-electron chi connectivity index (χ2n) is 8.50. The molecule has 1 aliphatic rings. The quantitative estimate of drug-likeness (QED) is 0.296. The van der Waals surface area contributed by atoms with E-state index in [1.165, 1.54) is 37.9 Å². The Labute approximate surface area is 209 Å². The fourth-order valence-electron chi connectivity index (χ4n) is 4.03. The summed E-state index contributed by atoms with van der Waals surface area (Å²) >= 11 is 5.86. The molecule has 1 heterocycles. The van der Waals surface area contributed by atoms with Gasteiger partial charge in [-0.3, -0.25) is 4.79 Å². The van der Waals surface area contributed by atoms with Gasteiger partial charge in [0.1, 0.15) is 0 Å². The van der Waals surface area contributed by atoms with Gasteiger partial charge in [-0.1, -0.05) is 55.0 Å². The Morgan fingerprint density at radius 3 is 1.97 bits per heavy atom. The van der Waals surface area contributed by atoms with Crippen LogP contribution < -0.4 is 5.32 Å². The molecule has 1 saturated heterocycles. The van der Waals surface area contributed by atoms with Crippen LogP contribution in [0.2, 0.25) is 0 Å². The molecular formula is C30H33ClN2O. The molecule has 1 N–H and O–H groups in total. The molecule has 0 aromatic heterocycles. The number of rotatable bonds is 7. The summed E-state index contributed by atoms with van der Waals surface area (Å²) in [7, 11) is 0. The van der Waals surface area contributed by atoms with E-state index >= 15 is 0 Å². The lowest BCUT2D eigenvalue weighted by atomic mass is 10.0. The van der Waals surface area contributed by atoms with Crippen molar-refractivity contribution in [2.45, 2.75) is 38.5 Å². The largest absolute Gasteiger partial charge is 0.322 e. The van der Waals surface area contributed by atoms with Crippen molar-refractivity contribution in [2.75, 3.05) is 25.0 Å². The first kappa shape index (κ1) is 25.6. The van der Waals surface area contributed by atoms with E-state index in [1.54, 1.807) is 6.92 Å². The highest BCUT2D eigenvalue weighted by Gasteiger charge is 2.10. The third kappa shape index (κ3) is 7.76. The SMILES string of the molecule is C#CC.O=C(Nc1ccc(CCN2CCCCC2)cc1)c1ccc(-c2ccc(CCl)cc2)cc1. The summed E-state index contributed by atoms with van der Waals surface area (Å²) in [6.07, 6.45) is 9.68. The van der Waals surface area contributed by atoms with Crippen LogP contribution in [0.1, 0.15) is 47.7 Å². The van der Waals surface area contributed by atoms with Gasteiger partial charge in [-0.25, -0.2) is 0 Å². The molecule has 0 spiro atoms. The second-order valence-corrected chi connectivity index (χ2v) is 8.77. The van der Waals surface area contributed by atoms with E-state index in [-0.39, 0.29) is 5.91 Å². The molecule has 0 aliphatic carbocycles. The van der Waals surface area contributed by atoms with Crippen LogP contribution in [0.5, 0.6) is 0 Å². The predicted molar refractivity (Wildman–Crippen MR) is 144 cm³/mol. The molecule has 0 bridgehead atoms. The van der Waals surface area contributed by atoms with E-state index in [0.29, 0.717) is 11.4 Å². The lowest BCUT2D eigenvalue weighted by Crippen LogP contribution is -2.31. The van der Waals surface area contributed by atoms with Crippen LogP contribution >= 0.6 is 11.6 Å². The minimum atomic E-state index is -0.0925. The third-order valence-corrected chi connectivity index (χ3v) is 6.27. The molecule has 0 saturated carbocycles. The highest BCUT2D eigenvalue weighted by Crippen LogP contribution is 2.21. The molecule has 1 aliphatic heterocycles. The smallest absolute Gasteiger partial charge is 0.255 e. The molecule has 3 nitrogen and oxygen atoms in total. The summed E-state index contributed by atoms with van der Waals surface area (Å²) in [4.78, 5) is 15.2. The van der Waals surface area contributed by atoms with Crippen LogP contribution in [0.25, 0.3) is 11.1 Å². The number of likely N-dealkylation sites (tertiary alicyclic amines) is 1. The number of nitrogens with zero attached hydrogens (tertiary/aromatic N) is 1. The van der Waals surface area contributed by atoms with Gasteiger partial charge >= 0.3 is 0 Å². The van der Waals surface area contributed by atoms with E-state index in [2.05, 4.69) is 46.8 Å². The van der Waals surface area contributed by atoms with Crippen LogP contribution in [0.3, 0.4) is 0 Å². The number of halogens is 1. The number of benzene rings is 3. The first-order valence-electron chi connectivity index (χ1n) is 11.9. The summed E-state index contributed by atoms with van der Waals surface area (Å²) in [6, 6.07) is 24.1. The normalized spacial score (nSPS) is 13.3. The van der Waals surface area contributed by atoms with Crippen molar-refractivity contribution in [1.82, 2.24) is 4.90 Å². The van der Waals surface area contributed by atoms with E-state index in [4.69, 9.17) is 11.6 Å². The average Bonchev–Trinajstić information content (AvgIpc) is 2.89. The standard InChI is InChI=1S/C27H29ClN2O.C3H4/c28-20-22-4-8-23(9-5-22)24-10-12-25(13-11-24)27(31)29-26-14-6-21(7-15-26)16-19-30-17-2-1-3-18-30;1-3-2/h4-15H,1-3,16-20H2,(H,29,31);1H,2H3. The zero-order valence-corrected chi connectivity index (χ0v) is 20.7. The van der Waals surface area contributed by atoms with Gasteiger partial charge in [0.15, 0.2) is 0 Å². The van der Waals surface area contributed by atoms with Crippen molar-refractivity contribution in [3.63, 3.8) is 0 Å². The minimum absolute atomic E-state index is 0.0925. The highest BCUT2D eigenvalue weighted by molar-refractivity contribution is 6.17. The molecule has 3 aromatic carbocycles. The first-order valence-corrected chi connectivity index (χ1v) is 12.4. The Bertz CT molecular complexity index is 1060. The number of hydrogen-bond acceptors (Lipinski definition) is 2. The van der Waals surface area contributed by atoms with Crippen molar-refractivity contribution in [1.29, 1.82) is 0 Å². The Kier molecular flexibility index (Phi) is 10.2. The molecule has 0 radical (unpaired) electrons. The number of piperidine rings is 1. The maximum atomic E-state index is 12.6. The molecule has 4 rings (SSSR count). The van der Waals surface area contributed by atoms with Crippen LogP contribution in [0.15, 0.2) is 72.8 Å². The van der Waals surface area contributed by atoms with Crippen LogP contribution in [0, 0.1) is 12.3 Å². The van der Waals surface area contributed by atoms with Gasteiger partial charge in [0.25, 0.3) is 5.91 Å². The van der Waals surface area contributed by atoms with Gasteiger partial charge < -0.3 is 10.2 Å². The summed E-state index contributed by atoms with van der Waals surface area (Å²) in [5.41, 5.74) is 6.08. The van der Waals surface area contributed by atoms with Gasteiger partial charge in [-0.15, -0.1) is 23.9 Å². The van der Waals surface area contributed by atoms with Gasteiger partial charge in [-0.05, 0) is 85.8 Å².